The summed E-state index contributed by atoms with van der Waals surface area (Å²) in [5.74, 6) is 0. The van der Waals surface area contributed by atoms with Gasteiger partial charge in [-0.1, -0.05) is 31.2 Å². The molecule has 0 radical (unpaired) electrons. The zero-order valence-corrected chi connectivity index (χ0v) is 16.0. The van der Waals surface area contributed by atoms with Gasteiger partial charge in [-0.05, 0) is 71.7 Å². The maximum Gasteiger partial charge on any atom is 0.416 e. The van der Waals surface area contributed by atoms with Crippen molar-refractivity contribution < 1.29 is 21.6 Å². The molecule has 1 aliphatic rings. The minimum Gasteiger partial charge on any atom is -0.224 e. The summed E-state index contributed by atoms with van der Waals surface area (Å²) in [5.41, 5.74) is 3.09. The number of halogens is 3. The molecule has 1 aliphatic carbocycles. The topological polar surface area (TPSA) is 34.1 Å². The van der Waals surface area contributed by atoms with Gasteiger partial charge in [0.2, 0.25) is 0 Å². The van der Waals surface area contributed by atoms with Crippen LogP contribution in [0.25, 0.3) is 11.1 Å². The van der Waals surface area contributed by atoms with Gasteiger partial charge >= 0.3 is 6.18 Å². The average molecular weight is 394 g/mol. The SMILES string of the molecule is CCc1ccc(C2=C(c3ccc(S(C)(=O)=O)cc3)CCC2)cc1C(F)(F)F. The number of rotatable bonds is 4. The molecule has 144 valence electrons. The molecule has 0 N–H and O–H groups in total. The van der Waals surface area contributed by atoms with Gasteiger partial charge in [-0.25, -0.2) is 8.42 Å². The van der Waals surface area contributed by atoms with Crippen molar-refractivity contribution >= 4 is 21.0 Å². The largest absolute Gasteiger partial charge is 0.416 e. The van der Waals surface area contributed by atoms with Crippen molar-refractivity contribution in [3.05, 3.63) is 64.7 Å². The first-order valence-corrected chi connectivity index (χ1v) is 10.7. The van der Waals surface area contributed by atoms with Crippen LogP contribution in [-0.4, -0.2) is 14.7 Å². The van der Waals surface area contributed by atoms with E-state index in [4.69, 9.17) is 0 Å². The van der Waals surface area contributed by atoms with Gasteiger partial charge in [-0.15, -0.1) is 0 Å². The Morgan fingerprint density at radius 1 is 0.926 bits per heavy atom. The fourth-order valence-corrected chi connectivity index (χ4v) is 4.25. The van der Waals surface area contributed by atoms with Crippen LogP contribution in [0.5, 0.6) is 0 Å². The van der Waals surface area contributed by atoms with Gasteiger partial charge in [0.05, 0.1) is 10.5 Å². The highest BCUT2D eigenvalue weighted by atomic mass is 32.2. The minimum absolute atomic E-state index is 0.234. The molecule has 0 fully saturated rings. The van der Waals surface area contributed by atoms with E-state index in [1.165, 1.54) is 6.07 Å². The first-order valence-electron chi connectivity index (χ1n) is 8.84. The summed E-state index contributed by atoms with van der Waals surface area (Å²) in [4.78, 5) is 0.234. The number of aryl methyl sites for hydroxylation is 1. The fourth-order valence-electron chi connectivity index (χ4n) is 3.62. The highest BCUT2D eigenvalue weighted by molar-refractivity contribution is 7.90. The molecule has 0 bridgehead atoms. The third-order valence-electron chi connectivity index (χ3n) is 4.99. The molecule has 0 saturated carbocycles. The lowest BCUT2D eigenvalue weighted by molar-refractivity contribution is -0.138. The summed E-state index contributed by atoms with van der Waals surface area (Å²) in [5, 5.41) is 0. The van der Waals surface area contributed by atoms with Crippen LogP contribution in [0.15, 0.2) is 47.4 Å². The standard InChI is InChI=1S/C21H21F3O2S/c1-3-14-7-8-16(13-20(14)21(22,23)24)19-6-4-5-18(19)15-9-11-17(12-10-15)27(2,25)26/h7-13H,3-6H2,1-2H3. The summed E-state index contributed by atoms with van der Waals surface area (Å²) in [6.07, 6.45) is -0.548. The molecule has 2 aromatic carbocycles. The first-order chi connectivity index (χ1) is 12.6. The molecule has 6 heteroatoms. The van der Waals surface area contributed by atoms with Crippen LogP contribution < -0.4 is 0 Å². The van der Waals surface area contributed by atoms with E-state index in [1.54, 1.807) is 43.3 Å². The summed E-state index contributed by atoms with van der Waals surface area (Å²) in [6.45, 7) is 1.72. The smallest absolute Gasteiger partial charge is 0.224 e. The average Bonchev–Trinajstić information content (AvgIpc) is 3.09. The third kappa shape index (κ3) is 4.10. The van der Waals surface area contributed by atoms with Gasteiger partial charge in [0.1, 0.15) is 0 Å². The third-order valence-corrected chi connectivity index (χ3v) is 6.12. The Hall–Kier alpha value is -2.08. The zero-order valence-electron chi connectivity index (χ0n) is 15.2. The molecule has 0 unspecified atom stereocenters. The predicted octanol–water partition coefficient (Wildman–Crippen LogP) is 5.77. The molecular formula is C21H21F3O2S. The van der Waals surface area contributed by atoms with Crippen molar-refractivity contribution in [2.45, 2.75) is 43.7 Å². The number of alkyl halides is 3. The van der Waals surface area contributed by atoms with E-state index in [-0.39, 0.29) is 4.90 Å². The normalized spacial score (nSPS) is 15.4. The Kier molecular flexibility index (Phi) is 5.21. The lowest BCUT2D eigenvalue weighted by Crippen LogP contribution is -2.09. The lowest BCUT2D eigenvalue weighted by Gasteiger charge is -2.15. The van der Waals surface area contributed by atoms with Crippen molar-refractivity contribution in [3.63, 3.8) is 0 Å². The number of sulfone groups is 1. The van der Waals surface area contributed by atoms with Gasteiger partial charge < -0.3 is 0 Å². The van der Waals surface area contributed by atoms with Crippen LogP contribution >= 0.6 is 0 Å². The highest BCUT2D eigenvalue weighted by Crippen LogP contribution is 2.42. The summed E-state index contributed by atoms with van der Waals surface area (Å²) >= 11 is 0. The number of hydrogen-bond acceptors (Lipinski definition) is 2. The van der Waals surface area contributed by atoms with Crippen LogP contribution in [0.2, 0.25) is 0 Å². The van der Waals surface area contributed by atoms with E-state index in [0.29, 0.717) is 24.0 Å². The van der Waals surface area contributed by atoms with Crippen molar-refractivity contribution in [2.24, 2.45) is 0 Å². The molecule has 0 aromatic heterocycles. The number of allylic oxidation sites excluding steroid dienone is 2. The maximum atomic E-state index is 13.4. The van der Waals surface area contributed by atoms with Crippen LogP contribution in [-0.2, 0) is 22.4 Å². The van der Waals surface area contributed by atoms with Crippen molar-refractivity contribution in [1.29, 1.82) is 0 Å². The molecule has 0 heterocycles. The van der Waals surface area contributed by atoms with E-state index in [2.05, 4.69) is 0 Å². The van der Waals surface area contributed by atoms with Gasteiger partial charge in [0.15, 0.2) is 9.84 Å². The van der Waals surface area contributed by atoms with Crippen molar-refractivity contribution in [3.8, 4) is 0 Å². The van der Waals surface area contributed by atoms with E-state index in [9.17, 15) is 21.6 Å². The van der Waals surface area contributed by atoms with Gasteiger partial charge in [0, 0.05) is 6.26 Å². The van der Waals surface area contributed by atoms with Gasteiger partial charge in [0.25, 0.3) is 0 Å². The maximum absolute atomic E-state index is 13.4. The molecule has 3 rings (SSSR count). The van der Waals surface area contributed by atoms with Crippen LogP contribution in [0, 0.1) is 0 Å². The molecule has 2 aromatic rings. The van der Waals surface area contributed by atoms with Crippen LogP contribution in [0.3, 0.4) is 0 Å². The summed E-state index contributed by atoms with van der Waals surface area (Å²) < 4.78 is 63.5. The molecule has 0 amide bonds. The Balaban J connectivity index is 2.07. The quantitative estimate of drug-likeness (QED) is 0.660. The van der Waals surface area contributed by atoms with Crippen LogP contribution in [0.1, 0.15) is 48.4 Å². The highest BCUT2D eigenvalue weighted by Gasteiger charge is 2.33. The lowest BCUT2D eigenvalue weighted by atomic mass is 9.93. The second kappa shape index (κ2) is 7.15. The van der Waals surface area contributed by atoms with E-state index >= 15 is 0 Å². The second-order valence-electron chi connectivity index (χ2n) is 6.83. The van der Waals surface area contributed by atoms with E-state index in [0.717, 1.165) is 35.8 Å². The monoisotopic (exact) mass is 394 g/mol. The Bertz CT molecular complexity index is 985. The van der Waals surface area contributed by atoms with Gasteiger partial charge in [-0.2, -0.15) is 13.2 Å². The molecule has 2 nitrogen and oxygen atoms in total. The van der Waals surface area contributed by atoms with E-state index in [1.807, 2.05) is 0 Å². The predicted molar refractivity (Wildman–Crippen MR) is 101 cm³/mol. The number of benzene rings is 2. The Labute approximate surface area is 157 Å². The van der Waals surface area contributed by atoms with E-state index < -0.39 is 21.6 Å². The molecular weight excluding hydrogens is 373 g/mol. The molecule has 27 heavy (non-hydrogen) atoms. The second-order valence-corrected chi connectivity index (χ2v) is 8.85. The van der Waals surface area contributed by atoms with Crippen molar-refractivity contribution in [1.82, 2.24) is 0 Å². The Morgan fingerprint density at radius 3 is 2.00 bits per heavy atom. The molecule has 0 aliphatic heterocycles. The molecule has 0 saturated heterocycles. The fraction of sp³-hybridized carbons (Fsp3) is 0.333. The van der Waals surface area contributed by atoms with Crippen molar-refractivity contribution in [2.75, 3.05) is 6.26 Å². The first kappa shape index (κ1) is 19.7. The minimum atomic E-state index is -4.38. The zero-order chi connectivity index (χ0) is 19.8. The number of hydrogen-bond donors (Lipinski definition) is 0. The molecule has 0 atom stereocenters. The summed E-state index contributed by atoms with van der Waals surface area (Å²) in [6, 6.07) is 11.2. The van der Waals surface area contributed by atoms with Crippen LogP contribution in [0.4, 0.5) is 13.2 Å². The molecule has 0 spiro atoms. The van der Waals surface area contributed by atoms with Gasteiger partial charge in [-0.3, -0.25) is 0 Å². The Morgan fingerprint density at radius 2 is 1.48 bits per heavy atom. The summed E-state index contributed by atoms with van der Waals surface area (Å²) in [7, 11) is -3.28.